The molecule has 1 N–H and O–H groups in total. The lowest BCUT2D eigenvalue weighted by Gasteiger charge is -2.39. The molecule has 3 nitrogen and oxygen atoms in total. The summed E-state index contributed by atoms with van der Waals surface area (Å²) < 4.78 is 70.3. The summed E-state index contributed by atoms with van der Waals surface area (Å²) in [5.74, 6) is 3.18. The first-order valence-electron chi connectivity index (χ1n) is 8.19. The van der Waals surface area contributed by atoms with E-state index in [1.165, 1.54) is 19.3 Å². The van der Waals surface area contributed by atoms with E-state index in [-0.39, 0.29) is 11.8 Å². The van der Waals surface area contributed by atoms with E-state index in [4.69, 9.17) is 4.55 Å². The molecule has 7 heteroatoms. The van der Waals surface area contributed by atoms with Gasteiger partial charge in [0.1, 0.15) is 0 Å². The summed E-state index contributed by atoms with van der Waals surface area (Å²) >= 11 is 0. The van der Waals surface area contributed by atoms with Gasteiger partial charge in [-0.1, -0.05) is 0 Å². The molecule has 22 heavy (non-hydrogen) atoms. The Hall–Kier alpha value is -0.300. The molecular weight excluding hydrogens is 317 g/mol. The highest BCUT2D eigenvalue weighted by Gasteiger charge is 2.63. The van der Waals surface area contributed by atoms with E-state index in [1.807, 2.05) is 0 Å². The van der Waals surface area contributed by atoms with Crippen molar-refractivity contribution in [3.05, 3.63) is 0 Å². The summed E-state index contributed by atoms with van der Waals surface area (Å²) in [5, 5.41) is -2.61. The van der Waals surface area contributed by atoms with Gasteiger partial charge in [0.05, 0.1) is 0 Å². The molecule has 4 aliphatic rings. The topological polar surface area (TPSA) is 54.4 Å². The van der Waals surface area contributed by atoms with E-state index in [2.05, 4.69) is 0 Å². The fourth-order valence-corrected chi connectivity index (χ4v) is 7.50. The lowest BCUT2D eigenvalue weighted by Crippen LogP contribution is -2.41. The molecule has 0 spiro atoms. The van der Waals surface area contributed by atoms with E-state index < -0.39 is 28.0 Å². The number of fused-ring (bicyclic) bond motifs is 9. The van der Waals surface area contributed by atoms with Crippen LogP contribution in [0.3, 0.4) is 0 Å². The van der Waals surface area contributed by atoms with Crippen LogP contribution in [0.4, 0.5) is 13.2 Å². The molecule has 4 fully saturated rings. The van der Waals surface area contributed by atoms with Gasteiger partial charge in [-0.15, -0.1) is 0 Å². The minimum atomic E-state index is -5.08. The second-order valence-corrected chi connectivity index (χ2v) is 9.52. The maximum absolute atomic E-state index is 13.0. The van der Waals surface area contributed by atoms with Gasteiger partial charge in [-0.3, -0.25) is 4.55 Å². The minimum Gasteiger partial charge on any atom is -0.285 e. The van der Waals surface area contributed by atoms with Crippen LogP contribution in [0.15, 0.2) is 0 Å². The molecule has 8 unspecified atom stereocenters. The molecule has 4 saturated carbocycles. The zero-order valence-electron chi connectivity index (χ0n) is 12.2. The van der Waals surface area contributed by atoms with E-state index in [9.17, 15) is 21.6 Å². The third-order valence-corrected chi connectivity index (χ3v) is 8.29. The molecule has 4 aliphatic carbocycles. The molecular formula is C15H21F3O3S. The van der Waals surface area contributed by atoms with Crippen LogP contribution < -0.4 is 0 Å². The van der Waals surface area contributed by atoms with Crippen molar-refractivity contribution in [3.8, 4) is 0 Å². The Labute approximate surface area is 128 Å². The van der Waals surface area contributed by atoms with Crippen LogP contribution in [0.25, 0.3) is 0 Å². The first kappa shape index (κ1) is 15.2. The van der Waals surface area contributed by atoms with E-state index in [0.29, 0.717) is 23.7 Å². The molecule has 8 atom stereocenters. The van der Waals surface area contributed by atoms with Crippen molar-refractivity contribution in [2.24, 2.45) is 41.4 Å². The molecule has 0 aliphatic heterocycles. The zero-order chi connectivity index (χ0) is 15.9. The Morgan fingerprint density at radius 3 is 2.23 bits per heavy atom. The van der Waals surface area contributed by atoms with Gasteiger partial charge < -0.3 is 0 Å². The Bertz CT molecular complexity index is 573. The Morgan fingerprint density at radius 1 is 1.00 bits per heavy atom. The average Bonchev–Trinajstić information content (AvgIpc) is 3.10. The highest BCUT2D eigenvalue weighted by molar-refractivity contribution is 7.86. The third-order valence-electron chi connectivity index (χ3n) is 7.11. The van der Waals surface area contributed by atoms with E-state index >= 15 is 0 Å². The monoisotopic (exact) mass is 338 g/mol. The molecule has 0 radical (unpaired) electrons. The van der Waals surface area contributed by atoms with Crippen LogP contribution in [-0.4, -0.2) is 24.4 Å². The molecule has 4 rings (SSSR count). The molecule has 0 aromatic rings. The van der Waals surface area contributed by atoms with Crippen LogP contribution in [-0.2, 0) is 10.1 Å². The van der Waals surface area contributed by atoms with Gasteiger partial charge in [0.15, 0.2) is 5.25 Å². The fraction of sp³-hybridized carbons (Fsp3) is 1.00. The van der Waals surface area contributed by atoms with Gasteiger partial charge in [0.2, 0.25) is 0 Å². The molecule has 0 saturated heterocycles. The normalized spacial score (nSPS) is 47.9. The maximum atomic E-state index is 13.0. The fourth-order valence-electron chi connectivity index (χ4n) is 6.67. The number of hydrogen-bond acceptors (Lipinski definition) is 2. The Balaban J connectivity index is 1.54. The van der Waals surface area contributed by atoms with Crippen molar-refractivity contribution in [1.82, 2.24) is 0 Å². The molecule has 0 amide bonds. The smallest absolute Gasteiger partial charge is 0.285 e. The van der Waals surface area contributed by atoms with E-state index in [1.54, 1.807) is 0 Å². The number of rotatable bonds is 3. The van der Waals surface area contributed by atoms with Crippen molar-refractivity contribution >= 4 is 10.1 Å². The van der Waals surface area contributed by atoms with Gasteiger partial charge in [-0.25, -0.2) is 0 Å². The summed E-state index contributed by atoms with van der Waals surface area (Å²) in [7, 11) is -5.08. The average molecular weight is 338 g/mol. The number of halogens is 3. The predicted molar refractivity (Wildman–Crippen MR) is 73.5 cm³/mol. The maximum Gasteiger partial charge on any atom is 0.407 e. The van der Waals surface area contributed by atoms with Crippen LogP contribution in [0.2, 0.25) is 0 Å². The summed E-state index contributed by atoms with van der Waals surface area (Å²) in [5.41, 5.74) is 0. The van der Waals surface area contributed by atoms with Gasteiger partial charge in [-0.2, -0.15) is 21.6 Å². The second-order valence-electron chi connectivity index (χ2n) is 7.92. The van der Waals surface area contributed by atoms with Crippen molar-refractivity contribution in [1.29, 1.82) is 0 Å². The minimum absolute atomic E-state index is 0.195. The number of alkyl halides is 3. The van der Waals surface area contributed by atoms with Crippen molar-refractivity contribution in [2.75, 3.05) is 0 Å². The van der Waals surface area contributed by atoms with Crippen LogP contribution in [0, 0.1) is 41.4 Å². The first-order valence-corrected chi connectivity index (χ1v) is 9.69. The van der Waals surface area contributed by atoms with Crippen LogP contribution >= 0.6 is 0 Å². The van der Waals surface area contributed by atoms with Gasteiger partial charge in [0, 0.05) is 0 Å². The number of hydrogen-bond donors (Lipinski definition) is 1. The van der Waals surface area contributed by atoms with E-state index in [0.717, 1.165) is 18.8 Å². The molecule has 0 aromatic heterocycles. The first-order chi connectivity index (χ1) is 10.2. The SMILES string of the molecule is O=S(=O)(O)C(CC1CC2CC1C1C3CCC(C3)C21)C(F)(F)F. The zero-order valence-corrected chi connectivity index (χ0v) is 13.0. The largest absolute Gasteiger partial charge is 0.407 e. The molecule has 0 heterocycles. The highest BCUT2D eigenvalue weighted by Crippen LogP contribution is 2.69. The molecule has 126 valence electrons. The standard InChI is InChI=1S/C15H21F3O3S/c16-15(17,18)12(22(19,20)21)6-9-4-10-5-11(9)14-8-2-1-7(3-8)13(10)14/h7-14H,1-6H2,(H,19,20,21). The summed E-state index contributed by atoms with van der Waals surface area (Å²) in [6.45, 7) is 0. The van der Waals surface area contributed by atoms with Gasteiger partial charge in [-0.05, 0) is 80.0 Å². The summed E-state index contributed by atoms with van der Waals surface area (Å²) in [6.07, 6.45) is 0.0581. The van der Waals surface area contributed by atoms with Crippen molar-refractivity contribution in [3.63, 3.8) is 0 Å². The lowest BCUT2D eigenvalue weighted by atomic mass is 9.66. The summed E-state index contributed by atoms with van der Waals surface area (Å²) in [6, 6.07) is 0. The Morgan fingerprint density at radius 2 is 1.64 bits per heavy atom. The predicted octanol–water partition coefficient (Wildman–Crippen LogP) is 3.51. The van der Waals surface area contributed by atoms with Crippen molar-refractivity contribution < 1.29 is 26.1 Å². The quantitative estimate of drug-likeness (QED) is 0.633. The van der Waals surface area contributed by atoms with Gasteiger partial charge >= 0.3 is 6.18 Å². The summed E-state index contributed by atoms with van der Waals surface area (Å²) in [4.78, 5) is 0. The van der Waals surface area contributed by atoms with Crippen LogP contribution in [0.1, 0.15) is 38.5 Å². The van der Waals surface area contributed by atoms with Crippen molar-refractivity contribution in [2.45, 2.75) is 50.0 Å². The second kappa shape index (κ2) is 4.62. The van der Waals surface area contributed by atoms with Gasteiger partial charge in [0.25, 0.3) is 10.1 Å². The highest BCUT2D eigenvalue weighted by atomic mass is 32.2. The van der Waals surface area contributed by atoms with Crippen LogP contribution in [0.5, 0.6) is 0 Å². The lowest BCUT2D eigenvalue weighted by molar-refractivity contribution is -0.136. The Kier molecular flexibility index (Phi) is 3.20. The third kappa shape index (κ3) is 2.14. The molecule has 0 aromatic carbocycles. The molecule has 4 bridgehead atoms.